The molecule has 154 valence electrons. The van der Waals surface area contributed by atoms with E-state index in [1.807, 2.05) is 30.3 Å². The number of carboxylic acid groups (broad SMARTS) is 1. The standard InChI is InChI=1S/C25H30O4/c1-29-23(26)21-14-12-20(13-15-21)22-11-5-6-16-25(18-22,24(27)28)17-7-10-19-8-3-2-4-9-19/h2-4,8-9,12-15,22H,5-7,10-11,16-18H2,1H3,(H,27,28)/t22-,25-/m0/s1. The number of carboxylic acids is 1. The Morgan fingerprint density at radius 1 is 1.07 bits per heavy atom. The van der Waals surface area contributed by atoms with E-state index in [1.54, 1.807) is 12.1 Å². The van der Waals surface area contributed by atoms with Crippen molar-refractivity contribution in [3.63, 3.8) is 0 Å². The third-order valence-corrected chi connectivity index (χ3v) is 6.32. The van der Waals surface area contributed by atoms with Gasteiger partial charge in [0.15, 0.2) is 0 Å². The van der Waals surface area contributed by atoms with Crippen molar-refractivity contribution < 1.29 is 19.4 Å². The first-order valence-electron chi connectivity index (χ1n) is 10.5. The van der Waals surface area contributed by atoms with Gasteiger partial charge in [-0.15, -0.1) is 0 Å². The average Bonchev–Trinajstić information content (AvgIpc) is 2.98. The second-order valence-electron chi connectivity index (χ2n) is 8.19. The molecule has 4 nitrogen and oxygen atoms in total. The van der Waals surface area contributed by atoms with Crippen LogP contribution < -0.4 is 0 Å². The molecule has 0 radical (unpaired) electrons. The summed E-state index contributed by atoms with van der Waals surface area (Å²) in [5.41, 5.74) is 2.24. The SMILES string of the molecule is COC(=O)c1ccc([C@H]2CCCC[C@@](CCCc3ccccc3)(C(=O)O)C2)cc1. The van der Waals surface area contributed by atoms with Crippen LogP contribution in [0.3, 0.4) is 0 Å². The van der Waals surface area contributed by atoms with Gasteiger partial charge in [0.05, 0.1) is 18.1 Å². The number of ether oxygens (including phenoxy) is 1. The number of benzene rings is 2. The molecule has 0 spiro atoms. The molecular formula is C25H30O4. The second kappa shape index (κ2) is 9.73. The van der Waals surface area contributed by atoms with Gasteiger partial charge in [0.1, 0.15) is 0 Å². The highest BCUT2D eigenvalue weighted by Crippen LogP contribution is 2.45. The number of rotatable bonds is 7. The summed E-state index contributed by atoms with van der Waals surface area (Å²) < 4.78 is 4.77. The molecule has 0 aliphatic heterocycles. The Bertz CT molecular complexity index is 812. The summed E-state index contributed by atoms with van der Waals surface area (Å²) >= 11 is 0. The molecule has 2 atom stereocenters. The van der Waals surface area contributed by atoms with Crippen LogP contribution in [0.4, 0.5) is 0 Å². The number of carbonyl (C=O) groups excluding carboxylic acids is 1. The first kappa shape index (κ1) is 21.1. The van der Waals surface area contributed by atoms with Crippen molar-refractivity contribution >= 4 is 11.9 Å². The third kappa shape index (κ3) is 5.26. The lowest BCUT2D eigenvalue weighted by atomic mass is 9.72. The molecule has 1 aliphatic rings. The molecule has 0 unspecified atom stereocenters. The fraction of sp³-hybridized carbons (Fsp3) is 0.440. The maximum Gasteiger partial charge on any atom is 0.337 e. The molecule has 1 N–H and O–H groups in total. The van der Waals surface area contributed by atoms with E-state index in [0.717, 1.165) is 44.1 Å². The van der Waals surface area contributed by atoms with Gasteiger partial charge < -0.3 is 9.84 Å². The van der Waals surface area contributed by atoms with Crippen LogP contribution in [0.15, 0.2) is 54.6 Å². The summed E-state index contributed by atoms with van der Waals surface area (Å²) in [7, 11) is 1.37. The Morgan fingerprint density at radius 3 is 2.45 bits per heavy atom. The Labute approximate surface area is 172 Å². The lowest BCUT2D eigenvalue weighted by Gasteiger charge is -2.31. The molecule has 2 aromatic rings. The first-order chi connectivity index (χ1) is 14.0. The van der Waals surface area contributed by atoms with Crippen LogP contribution in [0.2, 0.25) is 0 Å². The molecule has 2 aromatic carbocycles. The fourth-order valence-corrected chi connectivity index (χ4v) is 4.63. The Balaban J connectivity index is 1.73. The lowest BCUT2D eigenvalue weighted by Crippen LogP contribution is -2.32. The molecule has 1 fully saturated rings. The molecule has 0 bridgehead atoms. The van der Waals surface area contributed by atoms with Crippen molar-refractivity contribution in [3.05, 3.63) is 71.3 Å². The average molecular weight is 395 g/mol. The fourth-order valence-electron chi connectivity index (χ4n) is 4.63. The van der Waals surface area contributed by atoms with Crippen LogP contribution >= 0.6 is 0 Å². The minimum absolute atomic E-state index is 0.206. The van der Waals surface area contributed by atoms with Gasteiger partial charge in [-0.25, -0.2) is 4.79 Å². The van der Waals surface area contributed by atoms with E-state index in [1.165, 1.54) is 12.7 Å². The number of methoxy groups -OCH3 is 1. The van der Waals surface area contributed by atoms with E-state index in [9.17, 15) is 14.7 Å². The van der Waals surface area contributed by atoms with E-state index in [2.05, 4.69) is 12.1 Å². The van der Waals surface area contributed by atoms with Gasteiger partial charge >= 0.3 is 11.9 Å². The Kier molecular flexibility index (Phi) is 7.08. The normalized spacial score (nSPS) is 21.9. The second-order valence-corrected chi connectivity index (χ2v) is 8.19. The van der Waals surface area contributed by atoms with E-state index >= 15 is 0 Å². The summed E-state index contributed by atoms with van der Waals surface area (Å²) in [4.78, 5) is 24.1. The highest BCUT2D eigenvalue weighted by Gasteiger charge is 2.41. The highest BCUT2D eigenvalue weighted by atomic mass is 16.5. The minimum Gasteiger partial charge on any atom is -0.481 e. The van der Waals surface area contributed by atoms with Gasteiger partial charge in [-0.1, -0.05) is 55.3 Å². The van der Waals surface area contributed by atoms with Crippen LogP contribution in [0.5, 0.6) is 0 Å². The van der Waals surface area contributed by atoms with Crippen LogP contribution in [-0.4, -0.2) is 24.2 Å². The summed E-state index contributed by atoms with van der Waals surface area (Å²) in [6, 6.07) is 17.7. The van der Waals surface area contributed by atoms with Crippen molar-refractivity contribution in [2.45, 2.75) is 57.3 Å². The topological polar surface area (TPSA) is 63.6 Å². The molecular weight excluding hydrogens is 364 g/mol. The van der Waals surface area contributed by atoms with Crippen molar-refractivity contribution in [1.82, 2.24) is 0 Å². The summed E-state index contributed by atoms with van der Waals surface area (Å²) in [6.45, 7) is 0. The number of aliphatic carboxylic acids is 1. The molecule has 0 saturated heterocycles. The molecule has 0 amide bonds. The van der Waals surface area contributed by atoms with E-state index in [4.69, 9.17) is 4.74 Å². The number of carbonyl (C=O) groups is 2. The van der Waals surface area contributed by atoms with Crippen LogP contribution in [0, 0.1) is 5.41 Å². The third-order valence-electron chi connectivity index (χ3n) is 6.32. The van der Waals surface area contributed by atoms with Crippen LogP contribution in [0.25, 0.3) is 0 Å². The number of aryl methyl sites for hydroxylation is 1. The molecule has 4 heteroatoms. The molecule has 0 aromatic heterocycles. The highest BCUT2D eigenvalue weighted by molar-refractivity contribution is 5.89. The predicted octanol–water partition coefficient (Wildman–Crippen LogP) is 5.61. The number of hydrogen-bond donors (Lipinski definition) is 1. The van der Waals surface area contributed by atoms with Crippen molar-refractivity contribution in [1.29, 1.82) is 0 Å². The van der Waals surface area contributed by atoms with Crippen LogP contribution in [0.1, 0.15) is 72.3 Å². The Hall–Kier alpha value is -2.62. The molecule has 0 heterocycles. The largest absolute Gasteiger partial charge is 0.481 e. The maximum atomic E-state index is 12.4. The Morgan fingerprint density at radius 2 is 1.79 bits per heavy atom. The van der Waals surface area contributed by atoms with Crippen LogP contribution in [-0.2, 0) is 16.0 Å². The van der Waals surface area contributed by atoms with Gasteiger partial charge in [0, 0.05) is 0 Å². The zero-order valence-electron chi connectivity index (χ0n) is 17.1. The van der Waals surface area contributed by atoms with Crippen molar-refractivity contribution in [3.8, 4) is 0 Å². The van der Waals surface area contributed by atoms with Gasteiger partial charge in [0.25, 0.3) is 0 Å². The number of hydrogen-bond acceptors (Lipinski definition) is 3. The summed E-state index contributed by atoms with van der Waals surface area (Å²) in [5.74, 6) is -0.807. The van der Waals surface area contributed by atoms with E-state index in [-0.39, 0.29) is 11.9 Å². The van der Waals surface area contributed by atoms with E-state index in [0.29, 0.717) is 18.4 Å². The van der Waals surface area contributed by atoms with Crippen molar-refractivity contribution in [2.75, 3.05) is 7.11 Å². The molecule has 1 aliphatic carbocycles. The smallest absolute Gasteiger partial charge is 0.337 e. The zero-order valence-corrected chi connectivity index (χ0v) is 17.1. The maximum absolute atomic E-state index is 12.4. The minimum atomic E-state index is -0.670. The molecule has 3 rings (SSSR count). The lowest BCUT2D eigenvalue weighted by molar-refractivity contribution is -0.150. The molecule has 1 saturated carbocycles. The van der Waals surface area contributed by atoms with E-state index < -0.39 is 11.4 Å². The van der Waals surface area contributed by atoms with Gasteiger partial charge in [-0.05, 0) is 67.7 Å². The van der Waals surface area contributed by atoms with Gasteiger partial charge in [0.2, 0.25) is 0 Å². The monoisotopic (exact) mass is 394 g/mol. The predicted molar refractivity (Wildman–Crippen MR) is 113 cm³/mol. The summed E-state index contributed by atoms with van der Waals surface area (Å²) in [6.07, 6.45) is 6.88. The quantitative estimate of drug-likeness (QED) is 0.489. The van der Waals surface area contributed by atoms with Gasteiger partial charge in [-0.3, -0.25) is 4.79 Å². The number of esters is 1. The van der Waals surface area contributed by atoms with Crippen molar-refractivity contribution in [2.24, 2.45) is 5.41 Å². The van der Waals surface area contributed by atoms with Gasteiger partial charge in [-0.2, -0.15) is 0 Å². The molecule has 29 heavy (non-hydrogen) atoms. The summed E-state index contributed by atoms with van der Waals surface area (Å²) in [5, 5.41) is 10.2. The zero-order chi connectivity index (χ0) is 20.7. The first-order valence-corrected chi connectivity index (χ1v) is 10.5.